The van der Waals surface area contributed by atoms with E-state index in [1.54, 1.807) is 0 Å². The fraction of sp³-hybridized carbons (Fsp3) is 0.538. The predicted molar refractivity (Wildman–Crippen MR) is 61.8 cm³/mol. The van der Waals surface area contributed by atoms with Crippen LogP contribution >= 0.6 is 0 Å². The highest BCUT2D eigenvalue weighted by molar-refractivity contribution is 5.24. The number of nitrogens with two attached hydrogens (primary N) is 1. The van der Waals surface area contributed by atoms with Gasteiger partial charge in [0.2, 0.25) is 0 Å². The Kier molecular flexibility index (Phi) is 3.94. The van der Waals surface area contributed by atoms with Crippen LogP contribution in [0.15, 0.2) is 18.2 Å². The zero-order valence-electron chi connectivity index (χ0n) is 9.66. The SMILES string of the molecule is NCC1CCCCC1Oc1cc(F)cc(F)c1. The fourth-order valence-corrected chi connectivity index (χ4v) is 2.37. The molecule has 0 heterocycles. The molecule has 2 N–H and O–H groups in total. The summed E-state index contributed by atoms with van der Waals surface area (Å²) < 4.78 is 31.7. The Morgan fingerprint density at radius 3 is 2.41 bits per heavy atom. The summed E-state index contributed by atoms with van der Waals surface area (Å²) in [5.74, 6) is -0.678. The summed E-state index contributed by atoms with van der Waals surface area (Å²) in [6.45, 7) is 0.558. The van der Waals surface area contributed by atoms with Crippen LogP contribution in [0.3, 0.4) is 0 Å². The van der Waals surface area contributed by atoms with E-state index in [0.717, 1.165) is 31.7 Å². The second kappa shape index (κ2) is 5.45. The highest BCUT2D eigenvalue weighted by Crippen LogP contribution is 2.28. The summed E-state index contributed by atoms with van der Waals surface area (Å²) >= 11 is 0. The van der Waals surface area contributed by atoms with Crippen molar-refractivity contribution in [2.45, 2.75) is 31.8 Å². The van der Waals surface area contributed by atoms with Crippen molar-refractivity contribution in [3.63, 3.8) is 0 Å². The molecule has 2 nitrogen and oxygen atoms in total. The first-order chi connectivity index (χ1) is 8.19. The van der Waals surface area contributed by atoms with Crippen LogP contribution in [-0.2, 0) is 0 Å². The topological polar surface area (TPSA) is 35.2 Å². The van der Waals surface area contributed by atoms with E-state index in [9.17, 15) is 8.78 Å². The average Bonchev–Trinajstić information content (AvgIpc) is 2.28. The minimum Gasteiger partial charge on any atom is -0.490 e. The summed E-state index contributed by atoms with van der Waals surface area (Å²) in [4.78, 5) is 0. The number of rotatable bonds is 3. The summed E-state index contributed by atoms with van der Waals surface area (Å²) in [7, 11) is 0. The number of halogens is 2. The molecule has 0 amide bonds. The molecule has 0 bridgehead atoms. The molecule has 0 radical (unpaired) electrons. The van der Waals surface area contributed by atoms with Crippen LogP contribution in [0.25, 0.3) is 0 Å². The van der Waals surface area contributed by atoms with Gasteiger partial charge < -0.3 is 10.5 Å². The number of hydrogen-bond donors (Lipinski definition) is 1. The molecular weight excluding hydrogens is 224 g/mol. The van der Waals surface area contributed by atoms with Crippen molar-refractivity contribution in [3.05, 3.63) is 29.8 Å². The third-order valence-electron chi connectivity index (χ3n) is 3.27. The van der Waals surface area contributed by atoms with Crippen molar-refractivity contribution in [2.75, 3.05) is 6.54 Å². The van der Waals surface area contributed by atoms with E-state index in [1.807, 2.05) is 0 Å². The minimum absolute atomic E-state index is 0.0186. The molecular formula is C13H17F2NO. The van der Waals surface area contributed by atoms with E-state index < -0.39 is 11.6 Å². The maximum atomic E-state index is 13.0. The summed E-state index contributed by atoms with van der Waals surface area (Å²) in [5.41, 5.74) is 5.68. The minimum atomic E-state index is -0.611. The van der Waals surface area contributed by atoms with Crippen molar-refractivity contribution in [1.82, 2.24) is 0 Å². The van der Waals surface area contributed by atoms with E-state index in [2.05, 4.69) is 0 Å². The Morgan fingerprint density at radius 1 is 1.12 bits per heavy atom. The molecule has 1 aliphatic rings. The molecule has 0 spiro atoms. The third kappa shape index (κ3) is 3.16. The largest absolute Gasteiger partial charge is 0.490 e. The van der Waals surface area contributed by atoms with Gasteiger partial charge in [-0.3, -0.25) is 0 Å². The molecule has 0 aliphatic heterocycles. The highest BCUT2D eigenvalue weighted by atomic mass is 19.1. The van der Waals surface area contributed by atoms with E-state index >= 15 is 0 Å². The van der Waals surface area contributed by atoms with E-state index in [-0.39, 0.29) is 17.8 Å². The van der Waals surface area contributed by atoms with Crippen LogP contribution in [0.4, 0.5) is 8.78 Å². The van der Waals surface area contributed by atoms with Crippen molar-refractivity contribution in [2.24, 2.45) is 11.7 Å². The Hall–Kier alpha value is -1.16. The maximum absolute atomic E-state index is 13.0. The smallest absolute Gasteiger partial charge is 0.129 e. The molecule has 94 valence electrons. The van der Waals surface area contributed by atoms with E-state index in [4.69, 9.17) is 10.5 Å². The van der Waals surface area contributed by atoms with Gasteiger partial charge >= 0.3 is 0 Å². The molecule has 0 aromatic heterocycles. The van der Waals surface area contributed by atoms with Crippen LogP contribution in [-0.4, -0.2) is 12.6 Å². The van der Waals surface area contributed by atoms with Gasteiger partial charge in [-0.15, -0.1) is 0 Å². The van der Waals surface area contributed by atoms with Crippen molar-refractivity contribution >= 4 is 0 Å². The standard InChI is InChI=1S/C13H17F2NO/c14-10-5-11(15)7-12(6-10)17-13-4-2-1-3-9(13)8-16/h5-7,9,13H,1-4,8,16H2. The molecule has 1 aromatic rings. The van der Waals surface area contributed by atoms with Crippen LogP contribution in [0.1, 0.15) is 25.7 Å². The monoisotopic (exact) mass is 241 g/mol. The van der Waals surface area contributed by atoms with Crippen molar-refractivity contribution < 1.29 is 13.5 Å². The van der Waals surface area contributed by atoms with Gasteiger partial charge in [0.1, 0.15) is 23.5 Å². The summed E-state index contributed by atoms with van der Waals surface area (Å²) in [5, 5.41) is 0. The van der Waals surface area contributed by atoms with Gasteiger partial charge in [0.25, 0.3) is 0 Å². The summed E-state index contributed by atoms with van der Waals surface area (Å²) in [6, 6.07) is 3.27. The Morgan fingerprint density at radius 2 is 1.76 bits per heavy atom. The maximum Gasteiger partial charge on any atom is 0.129 e. The lowest BCUT2D eigenvalue weighted by Crippen LogP contribution is -2.35. The van der Waals surface area contributed by atoms with Gasteiger partial charge in [0, 0.05) is 24.1 Å². The molecule has 1 saturated carbocycles. The molecule has 2 rings (SSSR count). The van der Waals surface area contributed by atoms with Crippen LogP contribution < -0.4 is 10.5 Å². The van der Waals surface area contributed by atoms with Crippen LogP contribution in [0.2, 0.25) is 0 Å². The zero-order valence-corrected chi connectivity index (χ0v) is 9.66. The predicted octanol–water partition coefficient (Wildman–Crippen LogP) is 2.86. The number of ether oxygens (including phenoxy) is 1. The molecule has 2 atom stereocenters. The zero-order chi connectivity index (χ0) is 12.3. The first kappa shape index (κ1) is 12.3. The van der Waals surface area contributed by atoms with Gasteiger partial charge in [-0.2, -0.15) is 0 Å². The van der Waals surface area contributed by atoms with Crippen molar-refractivity contribution in [1.29, 1.82) is 0 Å². The lowest BCUT2D eigenvalue weighted by Gasteiger charge is -2.31. The Bertz CT molecular complexity index is 363. The lowest BCUT2D eigenvalue weighted by atomic mass is 9.86. The molecule has 2 unspecified atom stereocenters. The molecule has 0 saturated heterocycles. The van der Waals surface area contributed by atoms with Gasteiger partial charge in [0.15, 0.2) is 0 Å². The first-order valence-corrected chi connectivity index (χ1v) is 6.02. The lowest BCUT2D eigenvalue weighted by molar-refractivity contribution is 0.0963. The van der Waals surface area contributed by atoms with Gasteiger partial charge in [-0.25, -0.2) is 8.78 Å². The van der Waals surface area contributed by atoms with Crippen LogP contribution in [0.5, 0.6) is 5.75 Å². The molecule has 1 fully saturated rings. The second-order valence-corrected chi connectivity index (χ2v) is 4.54. The fourth-order valence-electron chi connectivity index (χ4n) is 2.37. The summed E-state index contributed by atoms with van der Waals surface area (Å²) in [6.07, 6.45) is 4.15. The van der Waals surface area contributed by atoms with Gasteiger partial charge in [-0.1, -0.05) is 6.42 Å². The molecule has 1 aliphatic carbocycles. The third-order valence-corrected chi connectivity index (χ3v) is 3.27. The highest BCUT2D eigenvalue weighted by Gasteiger charge is 2.25. The van der Waals surface area contributed by atoms with Gasteiger partial charge in [0.05, 0.1) is 0 Å². The average molecular weight is 241 g/mol. The first-order valence-electron chi connectivity index (χ1n) is 6.02. The molecule has 1 aromatic carbocycles. The molecule has 17 heavy (non-hydrogen) atoms. The van der Waals surface area contributed by atoms with Gasteiger partial charge in [-0.05, 0) is 25.8 Å². The normalized spacial score (nSPS) is 24.6. The van der Waals surface area contributed by atoms with Crippen molar-refractivity contribution in [3.8, 4) is 5.75 Å². The number of hydrogen-bond acceptors (Lipinski definition) is 2. The van der Waals surface area contributed by atoms with E-state index in [1.165, 1.54) is 12.1 Å². The Balaban J connectivity index is 2.08. The quantitative estimate of drug-likeness (QED) is 0.883. The Labute approximate surface area is 99.8 Å². The van der Waals surface area contributed by atoms with E-state index in [0.29, 0.717) is 6.54 Å². The second-order valence-electron chi connectivity index (χ2n) is 4.54. The van der Waals surface area contributed by atoms with Crippen LogP contribution in [0, 0.1) is 17.6 Å². The number of benzene rings is 1. The molecule has 4 heteroatoms.